The Bertz CT molecular complexity index is 258. The van der Waals surface area contributed by atoms with Gasteiger partial charge in [0.15, 0.2) is 0 Å². The van der Waals surface area contributed by atoms with E-state index in [1.54, 1.807) is 0 Å². The molecule has 3 fully saturated rings. The second-order valence-corrected chi connectivity index (χ2v) is 6.79. The third kappa shape index (κ3) is 2.53. The lowest BCUT2D eigenvalue weighted by Crippen LogP contribution is -2.55. The van der Waals surface area contributed by atoms with Crippen LogP contribution in [0.15, 0.2) is 0 Å². The van der Waals surface area contributed by atoms with Gasteiger partial charge in [-0.15, -0.1) is 0 Å². The van der Waals surface area contributed by atoms with Crippen molar-refractivity contribution in [2.45, 2.75) is 75.8 Å². The van der Waals surface area contributed by atoms with Gasteiger partial charge in [0.25, 0.3) is 0 Å². The molecular formula is C15H28N2. The fraction of sp³-hybridized carbons (Fsp3) is 1.00. The molecule has 3 rings (SSSR count). The van der Waals surface area contributed by atoms with Gasteiger partial charge < -0.3 is 5.73 Å². The van der Waals surface area contributed by atoms with E-state index in [0.717, 1.165) is 12.0 Å². The van der Waals surface area contributed by atoms with Crippen molar-refractivity contribution in [3.63, 3.8) is 0 Å². The maximum absolute atomic E-state index is 6.63. The smallest absolute Gasteiger partial charge is 0.0283 e. The van der Waals surface area contributed by atoms with Gasteiger partial charge in [-0.25, -0.2) is 0 Å². The summed E-state index contributed by atoms with van der Waals surface area (Å²) < 4.78 is 0. The molecule has 2 atom stereocenters. The standard InChI is InChI=1S/C15H28N2/c16-15(9-2-1-3-10-15)12-17-11-5-7-13-6-4-8-14(13)17/h13-14H,1-12,16H2. The zero-order valence-corrected chi connectivity index (χ0v) is 11.2. The predicted octanol–water partition coefficient (Wildman–Crippen LogP) is 2.91. The van der Waals surface area contributed by atoms with Gasteiger partial charge in [0, 0.05) is 18.1 Å². The largest absolute Gasteiger partial charge is 0.324 e. The number of hydrogen-bond donors (Lipinski definition) is 1. The second-order valence-electron chi connectivity index (χ2n) is 6.79. The molecule has 0 spiro atoms. The van der Waals surface area contributed by atoms with Crippen LogP contribution in [-0.2, 0) is 0 Å². The van der Waals surface area contributed by atoms with Crippen molar-refractivity contribution in [2.24, 2.45) is 11.7 Å². The maximum Gasteiger partial charge on any atom is 0.0283 e. The highest BCUT2D eigenvalue weighted by molar-refractivity contribution is 4.96. The molecule has 2 aliphatic carbocycles. The van der Waals surface area contributed by atoms with Crippen molar-refractivity contribution in [3.05, 3.63) is 0 Å². The molecule has 2 nitrogen and oxygen atoms in total. The van der Waals surface area contributed by atoms with E-state index in [4.69, 9.17) is 5.73 Å². The molecule has 2 N–H and O–H groups in total. The predicted molar refractivity (Wildman–Crippen MR) is 71.9 cm³/mol. The summed E-state index contributed by atoms with van der Waals surface area (Å²) in [7, 11) is 0. The van der Waals surface area contributed by atoms with Crippen LogP contribution in [-0.4, -0.2) is 29.6 Å². The molecule has 3 aliphatic rings. The van der Waals surface area contributed by atoms with Crippen molar-refractivity contribution in [1.82, 2.24) is 4.90 Å². The van der Waals surface area contributed by atoms with Gasteiger partial charge in [-0.2, -0.15) is 0 Å². The Labute approximate surface area is 106 Å². The average Bonchev–Trinajstić information content (AvgIpc) is 2.79. The first-order valence-electron chi connectivity index (χ1n) is 7.80. The third-order valence-corrected chi connectivity index (χ3v) is 5.48. The van der Waals surface area contributed by atoms with E-state index in [1.165, 1.54) is 77.3 Å². The molecule has 1 heterocycles. The normalized spacial score (nSPS) is 37.9. The van der Waals surface area contributed by atoms with E-state index in [1.807, 2.05) is 0 Å². The molecule has 0 amide bonds. The van der Waals surface area contributed by atoms with E-state index in [-0.39, 0.29) is 5.54 Å². The summed E-state index contributed by atoms with van der Waals surface area (Å²) in [6, 6.07) is 0.895. The maximum atomic E-state index is 6.63. The molecule has 0 bridgehead atoms. The highest BCUT2D eigenvalue weighted by Gasteiger charge is 2.38. The number of likely N-dealkylation sites (tertiary alicyclic amines) is 1. The van der Waals surface area contributed by atoms with Crippen LogP contribution < -0.4 is 5.73 Å². The third-order valence-electron chi connectivity index (χ3n) is 5.48. The van der Waals surface area contributed by atoms with Crippen LogP contribution in [0.3, 0.4) is 0 Å². The van der Waals surface area contributed by atoms with Gasteiger partial charge in [-0.3, -0.25) is 4.90 Å². The monoisotopic (exact) mass is 236 g/mol. The molecule has 2 heteroatoms. The lowest BCUT2D eigenvalue weighted by molar-refractivity contribution is 0.0748. The van der Waals surface area contributed by atoms with Gasteiger partial charge in [0.05, 0.1) is 0 Å². The van der Waals surface area contributed by atoms with Crippen LogP contribution in [0.1, 0.15) is 64.2 Å². The molecular weight excluding hydrogens is 208 g/mol. The van der Waals surface area contributed by atoms with Crippen LogP contribution in [0.4, 0.5) is 0 Å². The van der Waals surface area contributed by atoms with Crippen LogP contribution in [0.25, 0.3) is 0 Å². The van der Waals surface area contributed by atoms with Gasteiger partial charge in [0.2, 0.25) is 0 Å². The first-order valence-corrected chi connectivity index (χ1v) is 7.80. The Morgan fingerprint density at radius 2 is 1.71 bits per heavy atom. The van der Waals surface area contributed by atoms with Crippen LogP contribution in [0.5, 0.6) is 0 Å². The average molecular weight is 236 g/mol. The van der Waals surface area contributed by atoms with Crippen molar-refractivity contribution in [2.75, 3.05) is 13.1 Å². The summed E-state index contributed by atoms with van der Waals surface area (Å²) in [6.07, 6.45) is 13.9. The Morgan fingerprint density at radius 3 is 2.53 bits per heavy atom. The Balaban J connectivity index is 1.63. The number of rotatable bonds is 2. The lowest BCUT2D eigenvalue weighted by atomic mass is 9.81. The SMILES string of the molecule is NC1(CN2CCCC3CCCC32)CCCCC1. The first-order chi connectivity index (χ1) is 8.27. The summed E-state index contributed by atoms with van der Waals surface area (Å²) in [4.78, 5) is 2.77. The minimum Gasteiger partial charge on any atom is -0.324 e. The van der Waals surface area contributed by atoms with E-state index < -0.39 is 0 Å². The Morgan fingerprint density at radius 1 is 0.941 bits per heavy atom. The molecule has 0 aromatic heterocycles. The number of piperidine rings is 1. The highest BCUT2D eigenvalue weighted by atomic mass is 15.2. The minimum absolute atomic E-state index is 0.155. The van der Waals surface area contributed by atoms with Crippen molar-refractivity contribution in [3.8, 4) is 0 Å². The lowest BCUT2D eigenvalue weighted by Gasteiger charge is -2.44. The van der Waals surface area contributed by atoms with Gasteiger partial charge in [-0.1, -0.05) is 25.7 Å². The van der Waals surface area contributed by atoms with Crippen LogP contribution >= 0.6 is 0 Å². The topological polar surface area (TPSA) is 29.3 Å². The highest BCUT2D eigenvalue weighted by Crippen LogP contribution is 2.38. The minimum atomic E-state index is 0.155. The second kappa shape index (κ2) is 4.89. The van der Waals surface area contributed by atoms with Gasteiger partial charge in [0.1, 0.15) is 0 Å². The molecule has 0 radical (unpaired) electrons. The van der Waals surface area contributed by atoms with Crippen molar-refractivity contribution in [1.29, 1.82) is 0 Å². The fourth-order valence-electron chi connectivity index (χ4n) is 4.57. The number of nitrogens with zero attached hydrogens (tertiary/aromatic N) is 1. The zero-order chi connectivity index (χ0) is 11.7. The molecule has 0 aromatic carbocycles. The summed E-state index contributed by atoms with van der Waals surface area (Å²) >= 11 is 0. The quantitative estimate of drug-likeness (QED) is 0.799. The molecule has 1 saturated heterocycles. The summed E-state index contributed by atoms with van der Waals surface area (Å²) in [6.45, 7) is 2.51. The molecule has 98 valence electrons. The Hall–Kier alpha value is -0.0800. The summed E-state index contributed by atoms with van der Waals surface area (Å²) in [5.74, 6) is 1.01. The molecule has 2 saturated carbocycles. The van der Waals surface area contributed by atoms with Crippen LogP contribution in [0, 0.1) is 5.92 Å². The number of hydrogen-bond acceptors (Lipinski definition) is 2. The molecule has 2 unspecified atom stereocenters. The summed E-state index contributed by atoms with van der Waals surface area (Å²) in [5, 5.41) is 0. The van der Waals surface area contributed by atoms with Crippen molar-refractivity contribution >= 4 is 0 Å². The van der Waals surface area contributed by atoms with E-state index >= 15 is 0 Å². The van der Waals surface area contributed by atoms with Crippen molar-refractivity contribution < 1.29 is 0 Å². The van der Waals surface area contributed by atoms with Gasteiger partial charge in [-0.05, 0) is 51.0 Å². The molecule has 1 aliphatic heterocycles. The first kappa shape index (κ1) is 12.0. The van der Waals surface area contributed by atoms with Gasteiger partial charge >= 0.3 is 0 Å². The fourth-order valence-corrected chi connectivity index (χ4v) is 4.57. The van der Waals surface area contributed by atoms with E-state index in [0.29, 0.717) is 0 Å². The Kier molecular flexibility index (Phi) is 3.45. The molecule has 17 heavy (non-hydrogen) atoms. The molecule has 0 aromatic rings. The number of nitrogens with two attached hydrogens (primary N) is 1. The summed E-state index contributed by atoms with van der Waals surface area (Å²) in [5.41, 5.74) is 6.79. The number of fused-ring (bicyclic) bond motifs is 1. The van der Waals surface area contributed by atoms with E-state index in [2.05, 4.69) is 4.90 Å². The van der Waals surface area contributed by atoms with Crippen LogP contribution in [0.2, 0.25) is 0 Å². The zero-order valence-electron chi connectivity index (χ0n) is 11.2. The van der Waals surface area contributed by atoms with E-state index in [9.17, 15) is 0 Å².